The van der Waals surface area contributed by atoms with Gasteiger partial charge in [0.2, 0.25) is 11.1 Å². The lowest BCUT2D eigenvalue weighted by Gasteiger charge is -2.16. The highest BCUT2D eigenvalue weighted by atomic mass is 32.2. The van der Waals surface area contributed by atoms with Crippen LogP contribution in [0.15, 0.2) is 47.6 Å². The minimum atomic E-state index is -0.0769. The van der Waals surface area contributed by atoms with Crippen LogP contribution in [0, 0.1) is 0 Å². The number of aromatic nitrogens is 3. The fourth-order valence-corrected chi connectivity index (χ4v) is 3.80. The van der Waals surface area contributed by atoms with Gasteiger partial charge in [-0.05, 0) is 36.1 Å². The summed E-state index contributed by atoms with van der Waals surface area (Å²) in [6, 6.07) is 14.3. The molecule has 7 heteroatoms. The van der Waals surface area contributed by atoms with E-state index >= 15 is 0 Å². The number of nitrogen functional groups attached to an aromatic ring is 1. The number of amides is 1. The molecule has 134 valence electrons. The summed E-state index contributed by atoms with van der Waals surface area (Å²) in [5, 5.41) is 14.2. The largest absolute Gasteiger partial charge is 0.349 e. The van der Waals surface area contributed by atoms with Gasteiger partial charge < -0.3 is 11.2 Å². The highest BCUT2D eigenvalue weighted by Crippen LogP contribution is 2.39. The van der Waals surface area contributed by atoms with Crippen molar-refractivity contribution in [2.45, 2.75) is 36.9 Å². The van der Waals surface area contributed by atoms with E-state index in [1.54, 1.807) is 0 Å². The molecule has 2 aromatic carbocycles. The van der Waals surface area contributed by atoms with E-state index in [1.807, 2.05) is 25.1 Å². The normalized spacial score (nSPS) is 15.1. The van der Waals surface area contributed by atoms with Crippen molar-refractivity contribution in [2.24, 2.45) is 0 Å². The maximum absolute atomic E-state index is 12.4. The summed E-state index contributed by atoms with van der Waals surface area (Å²) < 4.78 is 1.52. The summed E-state index contributed by atoms with van der Waals surface area (Å²) in [5.41, 5.74) is 1.11. The zero-order chi connectivity index (χ0) is 18.1. The number of hydrogen-bond donors (Lipinski definition) is 2. The lowest BCUT2D eigenvalue weighted by atomic mass is 10.00. The molecule has 0 radical (unpaired) electrons. The number of nitrogens with zero attached hydrogens (tertiary/aromatic N) is 3. The third-order valence-electron chi connectivity index (χ3n) is 4.63. The summed E-state index contributed by atoms with van der Waals surface area (Å²) in [4.78, 5) is 12.4. The molecule has 26 heavy (non-hydrogen) atoms. The van der Waals surface area contributed by atoms with Gasteiger partial charge in [-0.2, -0.15) is 0 Å². The Morgan fingerprint density at radius 3 is 2.85 bits per heavy atom. The number of carbonyl (C=O) groups excluding carboxylic acids is 1. The van der Waals surface area contributed by atoms with Crippen molar-refractivity contribution in [3.05, 3.63) is 53.9 Å². The van der Waals surface area contributed by atoms with Gasteiger partial charge in [-0.15, -0.1) is 10.2 Å². The highest BCUT2D eigenvalue weighted by molar-refractivity contribution is 7.99. The van der Waals surface area contributed by atoms with Crippen LogP contribution in [-0.4, -0.2) is 26.5 Å². The number of carbonyl (C=O) groups is 1. The van der Waals surface area contributed by atoms with E-state index in [-0.39, 0.29) is 17.7 Å². The minimum absolute atomic E-state index is 0.0496. The fraction of sp³-hybridized carbons (Fsp3) is 0.316. The van der Waals surface area contributed by atoms with Crippen LogP contribution in [0.5, 0.6) is 0 Å². The van der Waals surface area contributed by atoms with E-state index in [0.29, 0.717) is 11.1 Å². The second-order valence-corrected chi connectivity index (χ2v) is 7.57. The molecule has 0 spiro atoms. The fourth-order valence-electron chi connectivity index (χ4n) is 3.13. The number of rotatable bonds is 6. The third-order valence-corrected chi connectivity index (χ3v) is 5.58. The van der Waals surface area contributed by atoms with Crippen LogP contribution in [0.4, 0.5) is 0 Å². The summed E-state index contributed by atoms with van der Waals surface area (Å²) in [6.45, 7) is 2.00. The Bertz CT molecular complexity index is 945. The zero-order valence-corrected chi connectivity index (χ0v) is 15.4. The number of fused-ring (bicyclic) bond motifs is 1. The Morgan fingerprint density at radius 2 is 2.04 bits per heavy atom. The molecule has 0 saturated heterocycles. The van der Waals surface area contributed by atoms with Crippen LogP contribution in [0.2, 0.25) is 0 Å². The first-order valence-electron chi connectivity index (χ1n) is 8.73. The van der Waals surface area contributed by atoms with Crippen LogP contribution in [0.3, 0.4) is 0 Å². The van der Waals surface area contributed by atoms with Crippen molar-refractivity contribution >= 4 is 28.4 Å². The predicted octanol–water partition coefficient (Wildman–Crippen LogP) is 2.99. The summed E-state index contributed by atoms with van der Waals surface area (Å²) in [7, 11) is 0. The van der Waals surface area contributed by atoms with Gasteiger partial charge >= 0.3 is 0 Å². The molecule has 1 aromatic heterocycles. The first kappa shape index (κ1) is 16.9. The van der Waals surface area contributed by atoms with Gasteiger partial charge in [0.1, 0.15) is 0 Å². The quantitative estimate of drug-likeness (QED) is 0.517. The monoisotopic (exact) mass is 367 g/mol. The SMILES string of the molecule is C[C@@H](NC(=O)CSc1nnc(C2CC2)n1N)c1cccc2ccccc12. The molecule has 3 N–H and O–H groups in total. The average Bonchev–Trinajstić information content (AvgIpc) is 3.42. The van der Waals surface area contributed by atoms with Crippen LogP contribution >= 0.6 is 11.8 Å². The molecule has 1 aliphatic carbocycles. The van der Waals surface area contributed by atoms with E-state index < -0.39 is 0 Å². The third kappa shape index (κ3) is 3.39. The molecule has 3 aromatic rings. The molecular weight excluding hydrogens is 346 g/mol. The van der Waals surface area contributed by atoms with E-state index in [1.165, 1.54) is 21.8 Å². The van der Waals surface area contributed by atoms with E-state index in [0.717, 1.165) is 29.6 Å². The molecule has 1 saturated carbocycles. The lowest BCUT2D eigenvalue weighted by Crippen LogP contribution is -2.28. The molecule has 1 fully saturated rings. The van der Waals surface area contributed by atoms with Crippen molar-refractivity contribution in [1.82, 2.24) is 20.2 Å². The van der Waals surface area contributed by atoms with Crippen LogP contribution in [-0.2, 0) is 4.79 Å². The molecule has 1 heterocycles. The molecular formula is C19H21N5OS. The van der Waals surface area contributed by atoms with Gasteiger partial charge in [0.15, 0.2) is 5.82 Å². The zero-order valence-electron chi connectivity index (χ0n) is 14.6. The highest BCUT2D eigenvalue weighted by Gasteiger charge is 2.30. The van der Waals surface area contributed by atoms with Crippen molar-refractivity contribution in [3.8, 4) is 0 Å². The molecule has 0 aliphatic heterocycles. The number of nitrogens with one attached hydrogen (secondary N) is 1. The summed E-state index contributed by atoms with van der Waals surface area (Å²) in [5.74, 6) is 7.48. The Hall–Kier alpha value is -2.54. The van der Waals surface area contributed by atoms with Gasteiger partial charge in [0.25, 0.3) is 0 Å². The van der Waals surface area contributed by atoms with Gasteiger partial charge in [-0.3, -0.25) is 4.79 Å². The van der Waals surface area contributed by atoms with Crippen molar-refractivity contribution < 1.29 is 4.79 Å². The Kier molecular flexibility index (Phi) is 4.55. The van der Waals surface area contributed by atoms with Gasteiger partial charge in [0, 0.05) is 5.92 Å². The topological polar surface area (TPSA) is 85.8 Å². The summed E-state index contributed by atoms with van der Waals surface area (Å²) >= 11 is 1.31. The van der Waals surface area contributed by atoms with E-state index in [9.17, 15) is 4.79 Å². The molecule has 1 amide bonds. The molecule has 0 bridgehead atoms. The lowest BCUT2D eigenvalue weighted by molar-refractivity contribution is -0.119. The van der Waals surface area contributed by atoms with Crippen molar-refractivity contribution in [2.75, 3.05) is 11.6 Å². The van der Waals surface area contributed by atoms with Crippen LogP contribution in [0.1, 0.15) is 43.1 Å². The molecule has 0 unspecified atom stereocenters. The van der Waals surface area contributed by atoms with E-state index in [4.69, 9.17) is 5.84 Å². The average molecular weight is 367 g/mol. The predicted molar refractivity (Wildman–Crippen MR) is 103 cm³/mol. The molecule has 4 rings (SSSR count). The Labute approximate surface area is 156 Å². The van der Waals surface area contributed by atoms with Crippen LogP contribution in [0.25, 0.3) is 10.8 Å². The molecule has 6 nitrogen and oxygen atoms in total. The maximum atomic E-state index is 12.4. The van der Waals surface area contributed by atoms with E-state index in [2.05, 4.69) is 39.8 Å². The molecule has 1 atom stereocenters. The second-order valence-electron chi connectivity index (χ2n) is 6.63. The first-order valence-corrected chi connectivity index (χ1v) is 9.72. The number of nitrogens with two attached hydrogens (primary N) is 1. The number of benzene rings is 2. The maximum Gasteiger partial charge on any atom is 0.230 e. The number of hydrogen-bond acceptors (Lipinski definition) is 5. The Morgan fingerprint density at radius 1 is 1.27 bits per heavy atom. The Balaban J connectivity index is 1.40. The molecule has 1 aliphatic rings. The van der Waals surface area contributed by atoms with Gasteiger partial charge in [-0.25, -0.2) is 4.68 Å². The second kappa shape index (κ2) is 6.99. The number of thioether (sulfide) groups is 1. The minimum Gasteiger partial charge on any atom is -0.349 e. The van der Waals surface area contributed by atoms with Crippen LogP contribution < -0.4 is 11.2 Å². The van der Waals surface area contributed by atoms with Crippen molar-refractivity contribution in [1.29, 1.82) is 0 Å². The first-order chi connectivity index (χ1) is 12.6. The smallest absolute Gasteiger partial charge is 0.230 e. The standard InChI is InChI=1S/C19H21N5OS/c1-12(15-8-4-6-13-5-2-3-7-16(13)15)21-17(25)11-26-19-23-22-18(24(19)20)14-9-10-14/h2-8,12,14H,9-11,20H2,1H3,(H,21,25)/t12-/m1/s1. The van der Waals surface area contributed by atoms with Gasteiger partial charge in [-0.1, -0.05) is 54.2 Å². The van der Waals surface area contributed by atoms with Gasteiger partial charge in [0.05, 0.1) is 11.8 Å². The summed E-state index contributed by atoms with van der Waals surface area (Å²) in [6.07, 6.45) is 2.23. The van der Waals surface area contributed by atoms with Crippen molar-refractivity contribution in [3.63, 3.8) is 0 Å².